The van der Waals surface area contributed by atoms with Crippen LogP contribution in [-0.4, -0.2) is 31.7 Å². The number of benzene rings is 1. The number of thiophene rings is 1. The normalized spacial score (nSPS) is 22.9. The molecule has 1 aromatic heterocycles. The van der Waals surface area contributed by atoms with Crippen LogP contribution in [0.1, 0.15) is 17.3 Å². The Kier molecular flexibility index (Phi) is 5.71. The van der Waals surface area contributed by atoms with Gasteiger partial charge in [0.05, 0.1) is 14.9 Å². The number of halogens is 3. The van der Waals surface area contributed by atoms with Crippen LogP contribution in [0.5, 0.6) is 0 Å². The van der Waals surface area contributed by atoms with E-state index in [2.05, 4.69) is 26.0 Å². The van der Waals surface area contributed by atoms with Gasteiger partial charge in [-0.15, -0.1) is 11.3 Å². The minimum absolute atomic E-state index is 0.129. The third-order valence-electron chi connectivity index (χ3n) is 4.00. The van der Waals surface area contributed by atoms with Gasteiger partial charge in [0.15, 0.2) is 0 Å². The predicted molar refractivity (Wildman–Crippen MR) is 103 cm³/mol. The zero-order chi connectivity index (χ0) is 19.1. The van der Waals surface area contributed by atoms with E-state index in [1.807, 2.05) is 12.1 Å². The van der Waals surface area contributed by atoms with E-state index in [-0.39, 0.29) is 11.4 Å². The van der Waals surface area contributed by atoms with Crippen molar-refractivity contribution in [1.29, 1.82) is 0 Å². The van der Waals surface area contributed by atoms with Crippen molar-refractivity contribution in [2.45, 2.75) is 18.5 Å². The van der Waals surface area contributed by atoms with Crippen molar-refractivity contribution in [1.82, 2.24) is 9.03 Å². The molecule has 2 aromatic rings. The van der Waals surface area contributed by atoms with Gasteiger partial charge in [-0.1, -0.05) is 11.6 Å². The monoisotopic (exact) mass is 481 g/mol. The first-order valence-electron chi connectivity index (χ1n) is 7.44. The third-order valence-corrected chi connectivity index (χ3v) is 7.62. The van der Waals surface area contributed by atoms with Gasteiger partial charge in [-0.2, -0.15) is 17.4 Å². The average molecular weight is 483 g/mol. The summed E-state index contributed by atoms with van der Waals surface area (Å²) in [5.41, 5.74) is 0.293. The smallest absolute Gasteiger partial charge is 0.280 e. The fourth-order valence-corrected chi connectivity index (χ4v) is 5.62. The highest BCUT2D eigenvalue weighted by Gasteiger charge is 2.41. The summed E-state index contributed by atoms with van der Waals surface area (Å²) in [6, 6.07) is 5.97. The topological polar surface area (TPSA) is 78.5 Å². The van der Waals surface area contributed by atoms with Crippen LogP contribution >= 0.6 is 38.9 Å². The maximum atomic E-state index is 13.3. The highest BCUT2D eigenvalue weighted by atomic mass is 79.9. The molecule has 1 amide bonds. The van der Waals surface area contributed by atoms with Crippen molar-refractivity contribution < 1.29 is 17.6 Å². The molecule has 3 rings (SSSR count). The number of nitrogens with one attached hydrogen (secondary N) is 2. The van der Waals surface area contributed by atoms with Crippen molar-refractivity contribution in [3.8, 4) is 0 Å². The fraction of sp³-hybridized carbons (Fsp3) is 0.267. The third kappa shape index (κ3) is 4.10. The SMILES string of the molecule is CN1[C@@H](C(=O)Nc2ccc(F)c(Cl)c2)CC(c2ccc(Br)s2)NS1(=O)=O. The summed E-state index contributed by atoms with van der Waals surface area (Å²) >= 11 is 10.5. The van der Waals surface area contributed by atoms with Crippen molar-refractivity contribution >= 4 is 60.7 Å². The minimum Gasteiger partial charge on any atom is -0.325 e. The molecule has 1 fully saturated rings. The van der Waals surface area contributed by atoms with Crippen LogP contribution in [0.3, 0.4) is 0 Å². The molecule has 0 saturated carbocycles. The number of anilines is 1. The largest absolute Gasteiger partial charge is 0.325 e. The van der Waals surface area contributed by atoms with Gasteiger partial charge in [0.2, 0.25) is 5.91 Å². The first-order valence-corrected chi connectivity index (χ1v) is 10.9. The zero-order valence-electron chi connectivity index (χ0n) is 13.4. The Bertz CT molecular complexity index is 953. The summed E-state index contributed by atoms with van der Waals surface area (Å²) in [6.07, 6.45) is 0.253. The molecule has 1 aliphatic heterocycles. The molecule has 1 aromatic carbocycles. The van der Waals surface area contributed by atoms with Crippen LogP contribution in [0, 0.1) is 5.82 Å². The zero-order valence-corrected chi connectivity index (χ0v) is 17.3. The molecule has 2 atom stereocenters. The van der Waals surface area contributed by atoms with Crippen molar-refractivity contribution in [3.63, 3.8) is 0 Å². The molecule has 140 valence electrons. The Hall–Kier alpha value is -1.04. The van der Waals surface area contributed by atoms with E-state index in [0.717, 1.165) is 19.0 Å². The van der Waals surface area contributed by atoms with Crippen LogP contribution in [0.15, 0.2) is 34.1 Å². The number of likely N-dealkylation sites (N-methyl/N-ethyl adjacent to an activating group) is 1. The van der Waals surface area contributed by atoms with E-state index >= 15 is 0 Å². The van der Waals surface area contributed by atoms with Gasteiger partial charge < -0.3 is 5.32 Å². The summed E-state index contributed by atoms with van der Waals surface area (Å²) in [4.78, 5) is 13.5. The number of amides is 1. The maximum absolute atomic E-state index is 13.3. The van der Waals surface area contributed by atoms with E-state index in [9.17, 15) is 17.6 Å². The quantitative estimate of drug-likeness (QED) is 0.703. The van der Waals surface area contributed by atoms with Gasteiger partial charge in [0.1, 0.15) is 11.9 Å². The van der Waals surface area contributed by atoms with E-state index in [1.54, 1.807) is 0 Å². The van der Waals surface area contributed by atoms with Crippen LogP contribution in [0.4, 0.5) is 10.1 Å². The molecule has 26 heavy (non-hydrogen) atoms. The van der Waals surface area contributed by atoms with Gasteiger partial charge in [-0.3, -0.25) is 4.79 Å². The Morgan fingerprint density at radius 2 is 2.15 bits per heavy atom. The van der Waals surface area contributed by atoms with Crippen LogP contribution in [0.2, 0.25) is 5.02 Å². The van der Waals surface area contributed by atoms with Crippen LogP contribution in [0.25, 0.3) is 0 Å². The highest BCUT2D eigenvalue weighted by molar-refractivity contribution is 9.11. The lowest BCUT2D eigenvalue weighted by Gasteiger charge is -2.35. The van der Waals surface area contributed by atoms with Crippen molar-refractivity contribution in [3.05, 3.63) is 49.8 Å². The maximum Gasteiger partial charge on any atom is 0.280 e. The summed E-state index contributed by atoms with van der Waals surface area (Å²) < 4.78 is 42.5. The number of hydrogen-bond donors (Lipinski definition) is 2. The molecule has 0 bridgehead atoms. The number of hydrogen-bond acceptors (Lipinski definition) is 4. The number of carbonyl (C=O) groups is 1. The van der Waals surface area contributed by atoms with Crippen LogP contribution in [-0.2, 0) is 15.0 Å². The number of carbonyl (C=O) groups excluding carboxylic acids is 1. The van der Waals surface area contributed by atoms with Gasteiger partial charge in [0, 0.05) is 17.6 Å². The fourth-order valence-electron chi connectivity index (χ4n) is 2.61. The highest BCUT2D eigenvalue weighted by Crippen LogP contribution is 2.34. The lowest BCUT2D eigenvalue weighted by atomic mass is 10.1. The first kappa shape index (κ1) is 19.7. The Morgan fingerprint density at radius 1 is 1.42 bits per heavy atom. The molecular weight excluding hydrogens is 469 g/mol. The predicted octanol–water partition coefficient (Wildman–Crippen LogP) is 3.52. The number of nitrogens with zero attached hydrogens (tertiary/aromatic N) is 1. The standard InChI is InChI=1S/C15H14BrClFN3O3S2/c1-21-12(15(22)19-8-2-3-10(18)9(17)6-8)7-11(20-26(21,23)24)13-4-5-14(16)25-13/h2-6,11-12,20H,7H2,1H3,(H,19,22)/t11?,12-/m1/s1. The van der Waals surface area contributed by atoms with Gasteiger partial charge >= 0.3 is 0 Å². The van der Waals surface area contributed by atoms with Crippen molar-refractivity contribution in [2.24, 2.45) is 0 Å². The lowest BCUT2D eigenvalue weighted by molar-refractivity contribution is -0.120. The van der Waals surface area contributed by atoms with Gasteiger partial charge in [-0.25, -0.2) is 4.39 Å². The Labute approximate surface area is 167 Å². The van der Waals surface area contributed by atoms with Crippen molar-refractivity contribution in [2.75, 3.05) is 12.4 Å². The minimum atomic E-state index is -3.82. The summed E-state index contributed by atoms with van der Waals surface area (Å²) in [5.74, 6) is -1.12. The molecular formula is C15H14BrClFN3O3S2. The molecule has 0 spiro atoms. The molecule has 0 aliphatic carbocycles. The second-order valence-corrected chi connectivity index (χ2v) is 10.4. The molecule has 1 aliphatic rings. The number of rotatable bonds is 3. The Morgan fingerprint density at radius 3 is 2.77 bits per heavy atom. The molecule has 2 heterocycles. The summed E-state index contributed by atoms with van der Waals surface area (Å²) in [7, 11) is -2.48. The Balaban J connectivity index is 1.83. The first-order chi connectivity index (χ1) is 12.2. The molecule has 1 unspecified atom stereocenters. The average Bonchev–Trinajstić information content (AvgIpc) is 2.99. The second-order valence-electron chi connectivity index (χ2n) is 5.70. The van der Waals surface area contributed by atoms with E-state index in [0.29, 0.717) is 5.69 Å². The molecule has 2 N–H and O–H groups in total. The molecule has 6 nitrogen and oxygen atoms in total. The molecule has 1 saturated heterocycles. The lowest BCUT2D eigenvalue weighted by Crippen LogP contribution is -2.55. The van der Waals surface area contributed by atoms with E-state index < -0.39 is 34.0 Å². The summed E-state index contributed by atoms with van der Waals surface area (Å²) in [5, 5.41) is 2.47. The molecule has 11 heteroatoms. The molecule has 0 radical (unpaired) electrons. The second kappa shape index (κ2) is 7.53. The van der Waals surface area contributed by atoms with Gasteiger partial charge in [0.25, 0.3) is 10.2 Å². The van der Waals surface area contributed by atoms with E-state index in [1.165, 1.54) is 30.5 Å². The van der Waals surface area contributed by atoms with Gasteiger partial charge in [-0.05, 0) is 52.7 Å². The summed E-state index contributed by atoms with van der Waals surface area (Å²) in [6.45, 7) is 0. The van der Waals surface area contributed by atoms with E-state index in [4.69, 9.17) is 11.6 Å². The van der Waals surface area contributed by atoms with Crippen LogP contribution < -0.4 is 10.0 Å².